The van der Waals surface area contributed by atoms with Crippen LogP contribution in [0.15, 0.2) is 39.5 Å². The predicted molar refractivity (Wildman–Crippen MR) is 81.3 cm³/mol. The number of likely N-dealkylation sites (tertiary alicyclic amines) is 1. The minimum absolute atomic E-state index is 0.139. The minimum Gasteiger partial charge on any atom is -0.417 e. The van der Waals surface area contributed by atoms with E-state index in [9.17, 15) is 9.59 Å². The van der Waals surface area contributed by atoms with Crippen LogP contribution in [0.25, 0.3) is 10.8 Å². The standard InChI is InChI=1S/C17H19NO3/c1-11-7-12(2)10-18(9-11)16(19)15-8-13-5-3-4-6-14(13)17(20)21-15/h3-6,8,11-12H,7,9-10H2,1-2H3/t11-,12-/m1/s1. The summed E-state index contributed by atoms with van der Waals surface area (Å²) >= 11 is 0. The topological polar surface area (TPSA) is 50.5 Å². The van der Waals surface area contributed by atoms with Crippen LogP contribution >= 0.6 is 0 Å². The summed E-state index contributed by atoms with van der Waals surface area (Å²) in [6, 6.07) is 8.84. The maximum atomic E-state index is 12.6. The number of hydrogen-bond acceptors (Lipinski definition) is 3. The van der Waals surface area contributed by atoms with Gasteiger partial charge in [0.2, 0.25) is 0 Å². The van der Waals surface area contributed by atoms with Gasteiger partial charge in [-0.2, -0.15) is 0 Å². The average molecular weight is 285 g/mol. The van der Waals surface area contributed by atoms with Crippen LogP contribution in [0.1, 0.15) is 30.8 Å². The Bertz CT molecular complexity index is 724. The molecule has 2 heterocycles. The van der Waals surface area contributed by atoms with Crippen LogP contribution in [0, 0.1) is 11.8 Å². The fraction of sp³-hybridized carbons (Fsp3) is 0.412. The molecular formula is C17H19NO3. The molecule has 0 radical (unpaired) electrons. The van der Waals surface area contributed by atoms with E-state index in [4.69, 9.17) is 4.42 Å². The first-order valence-electron chi connectivity index (χ1n) is 7.36. The molecule has 2 atom stereocenters. The zero-order chi connectivity index (χ0) is 15.0. The van der Waals surface area contributed by atoms with Gasteiger partial charge in [0.15, 0.2) is 5.76 Å². The molecule has 1 aromatic carbocycles. The van der Waals surface area contributed by atoms with Crippen LogP contribution in [0.5, 0.6) is 0 Å². The molecule has 0 aliphatic carbocycles. The second-order valence-corrected chi connectivity index (χ2v) is 6.14. The summed E-state index contributed by atoms with van der Waals surface area (Å²) in [5.41, 5.74) is -0.449. The van der Waals surface area contributed by atoms with Gasteiger partial charge in [0.1, 0.15) is 0 Å². The molecule has 1 fully saturated rings. The lowest BCUT2D eigenvalue weighted by molar-refractivity contribution is 0.0587. The van der Waals surface area contributed by atoms with Crippen molar-refractivity contribution in [3.8, 4) is 0 Å². The van der Waals surface area contributed by atoms with Gasteiger partial charge in [0.25, 0.3) is 5.91 Å². The molecule has 2 aromatic rings. The molecule has 4 heteroatoms. The van der Waals surface area contributed by atoms with Gasteiger partial charge in [-0.15, -0.1) is 0 Å². The molecule has 0 N–H and O–H groups in total. The van der Waals surface area contributed by atoms with Crippen LogP contribution in [0.4, 0.5) is 0 Å². The van der Waals surface area contributed by atoms with E-state index >= 15 is 0 Å². The normalized spacial score (nSPS) is 22.5. The molecule has 0 spiro atoms. The molecule has 1 amide bonds. The van der Waals surface area contributed by atoms with Gasteiger partial charge in [0.05, 0.1) is 5.39 Å². The van der Waals surface area contributed by atoms with Crippen molar-refractivity contribution in [1.82, 2.24) is 4.90 Å². The maximum absolute atomic E-state index is 12.6. The van der Waals surface area contributed by atoms with E-state index in [1.165, 1.54) is 0 Å². The lowest BCUT2D eigenvalue weighted by atomic mass is 9.92. The van der Waals surface area contributed by atoms with E-state index in [-0.39, 0.29) is 11.7 Å². The number of fused-ring (bicyclic) bond motifs is 1. The van der Waals surface area contributed by atoms with Crippen LogP contribution in [-0.2, 0) is 0 Å². The number of carbonyl (C=O) groups excluding carboxylic acids is 1. The van der Waals surface area contributed by atoms with Gasteiger partial charge in [-0.05, 0) is 35.8 Å². The van der Waals surface area contributed by atoms with Crippen molar-refractivity contribution in [2.24, 2.45) is 11.8 Å². The Hall–Kier alpha value is -2.10. The van der Waals surface area contributed by atoms with Gasteiger partial charge in [-0.25, -0.2) is 4.79 Å². The Morgan fingerprint density at radius 2 is 1.86 bits per heavy atom. The molecule has 1 saturated heterocycles. The molecule has 1 aliphatic rings. The summed E-state index contributed by atoms with van der Waals surface area (Å²) in [5.74, 6) is 0.908. The summed E-state index contributed by atoms with van der Waals surface area (Å²) < 4.78 is 5.23. The summed E-state index contributed by atoms with van der Waals surface area (Å²) in [7, 11) is 0. The van der Waals surface area contributed by atoms with Crippen molar-refractivity contribution in [2.75, 3.05) is 13.1 Å². The van der Waals surface area contributed by atoms with Crippen molar-refractivity contribution in [2.45, 2.75) is 20.3 Å². The van der Waals surface area contributed by atoms with E-state index < -0.39 is 5.63 Å². The minimum atomic E-state index is -0.449. The average Bonchev–Trinajstić information content (AvgIpc) is 2.45. The summed E-state index contributed by atoms with van der Waals surface area (Å²) in [4.78, 5) is 26.4. The van der Waals surface area contributed by atoms with Crippen LogP contribution < -0.4 is 5.63 Å². The first-order chi connectivity index (χ1) is 10.0. The molecule has 21 heavy (non-hydrogen) atoms. The number of hydrogen-bond donors (Lipinski definition) is 0. The Labute approximate surface area is 123 Å². The lowest BCUT2D eigenvalue weighted by Gasteiger charge is -2.34. The zero-order valence-corrected chi connectivity index (χ0v) is 12.3. The molecule has 110 valence electrons. The second-order valence-electron chi connectivity index (χ2n) is 6.14. The van der Waals surface area contributed by atoms with Crippen LogP contribution in [0.2, 0.25) is 0 Å². The van der Waals surface area contributed by atoms with E-state index in [2.05, 4.69) is 13.8 Å². The van der Waals surface area contributed by atoms with E-state index in [1.807, 2.05) is 12.1 Å². The van der Waals surface area contributed by atoms with Gasteiger partial charge in [-0.3, -0.25) is 4.79 Å². The quantitative estimate of drug-likeness (QED) is 0.809. The summed E-state index contributed by atoms with van der Waals surface area (Å²) in [5, 5.41) is 1.25. The highest BCUT2D eigenvalue weighted by Gasteiger charge is 2.27. The van der Waals surface area contributed by atoms with Gasteiger partial charge in [0, 0.05) is 13.1 Å². The zero-order valence-electron chi connectivity index (χ0n) is 12.3. The van der Waals surface area contributed by atoms with Crippen molar-refractivity contribution >= 4 is 16.7 Å². The monoisotopic (exact) mass is 285 g/mol. The number of rotatable bonds is 1. The Balaban J connectivity index is 1.96. The Kier molecular flexibility index (Phi) is 3.53. The molecule has 3 rings (SSSR count). The second kappa shape index (κ2) is 5.35. The number of piperidine rings is 1. The smallest absolute Gasteiger partial charge is 0.344 e. The predicted octanol–water partition coefficient (Wildman–Crippen LogP) is 2.91. The summed E-state index contributed by atoms with van der Waals surface area (Å²) in [6.07, 6.45) is 1.13. The highest BCUT2D eigenvalue weighted by atomic mass is 16.4. The third kappa shape index (κ3) is 2.71. The number of amides is 1. The Morgan fingerprint density at radius 3 is 2.57 bits per heavy atom. The van der Waals surface area contributed by atoms with Crippen molar-refractivity contribution < 1.29 is 9.21 Å². The van der Waals surface area contributed by atoms with E-state index in [0.717, 1.165) is 24.9 Å². The lowest BCUT2D eigenvalue weighted by Crippen LogP contribution is -2.42. The molecule has 1 aromatic heterocycles. The van der Waals surface area contributed by atoms with Crippen LogP contribution in [0.3, 0.4) is 0 Å². The molecule has 0 saturated carbocycles. The van der Waals surface area contributed by atoms with Crippen molar-refractivity contribution in [3.63, 3.8) is 0 Å². The third-order valence-electron chi connectivity index (χ3n) is 4.04. The maximum Gasteiger partial charge on any atom is 0.344 e. The van der Waals surface area contributed by atoms with Crippen LogP contribution in [-0.4, -0.2) is 23.9 Å². The van der Waals surface area contributed by atoms with E-state index in [0.29, 0.717) is 17.2 Å². The highest BCUT2D eigenvalue weighted by Crippen LogP contribution is 2.23. The van der Waals surface area contributed by atoms with Gasteiger partial charge >= 0.3 is 5.63 Å². The Morgan fingerprint density at radius 1 is 1.19 bits per heavy atom. The highest BCUT2D eigenvalue weighted by molar-refractivity contribution is 5.95. The number of benzene rings is 1. The first-order valence-corrected chi connectivity index (χ1v) is 7.36. The van der Waals surface area contributed by atoms with Gasteiger partial charge < -0.3 is 9.32 Å². The number of carbonyl (C=O) groups is 1. The summed E-state index contributed by atoms with van der Waals surface area (Å²) in [6.45, 7) is 5.73. The molecule has 0 unspecified atom stereocenters. The SMILES string of the molecule is C[C@@H]1C[C@@H](C)CN(C(=O)c2cc3ccccc3c(=O)o2)C1. The first kappa shape index (κ1) is 13.9. The molecule has 0 bridgehead atoms. The van der Waals surface area contributed by atoms with Gasteiger partial charge in [-0.1, -0.05) is 32.0 Å². The number of nitrogens with zero attached hydrogens (tertiary/aromatic N) is 1. The van der Waals surface area contributed by atoms with E-state index in [1.54, 1.807) is 23.1 Å². The molecule has 4 nitrogen and oxygen atoms in total. The van der Waals surface area contributed by atoms with Crippen molar-refractivity contribution in [1.29, 1.82) is 0 Å². The molecular weight excluding hydrogens is 266 g/mol. The fourth-order valence-electron chi connectivity index (χ4n) is 3.22. The third-order valence-corrected chi connectivity index (χ3v) is 4.04. The largest absolute Gasteiger partial charge is 0.417 e. The molecule has 1 aliphatic heterocycles. The fourth-order valence-corrected chi connectivity index (χ4v) is 3.22. The van der Waals surface area contributed by atoms with Crippen molar-refractivity contribution in [3.05, 3.63) is 46.5 Å².